The molecule has 0 rings (SSSR count). The van der Waals surface area contributed by atoms with E-state index < -0.39 is 0 Å². The average molecular weight is 307 g/mol. The molecule has 0 aliphatic rings. The summed E-state index contributed by atoms with van der Waals surface area (Å²) >= 11 is 0. The molecule has 0 unspecified atom stereocenters. The zero-order chi connectivity index (χ0) is 0. The summed E-state index contributed by atoms with van der Waals surface area (Å²) < 4.78 is 0. The molecule has 0 aromatic rings. The van der Waals surface area contributed by atoms with Crippen molar-refractivity contribution in [2.45, 2.75) is 0 Å². The van der Waals surface area contributed by atoms with Crippen LogP contribution in [0.15, 0.2) is 0 Å². The Morgan fingerprint density at radius 3 is 1.00 bits per heavy atom. The molecular weight excluding hydrogens is 301 g/mol. The monoisotopic (exact) mass is 306 g/mol. The Hall–Kier alpha value is 1.53. The minimum Gasteiger partial charge on any atom is -2.00 e. The van der Waals surface area contributed by atoms with Gasteiger partial charge in [0.15, 0.2) is 0 Å². The third kappa shape index (κ3) is 9.65. The van der Waals surface area contributed by atoms with Crippen molar-refractivity contribution in [3.63, 3.8) is 0 Å². The number of hydrogen-bond acceptors (Lipinski definition) is 0. The number of rotatable bonds is 0. The molecule has 0 N–H and O–H groups in total. The van der Waals surface area contributed by atoms with Crippen LogP contribution in [-0.4, -0.2) is 34.6 Å². The fourth-order valence-corrected chi connectivity index (χ4v) is 0. The second-order valence-electron chi connectivity index (χ2n) is 0. The van der Waals surface area contributed by atoms with E-state index in [2.05, 4.69) is 0 Å². The van der Waals surface area contributed by atoms with Gasteiger partial charge >= 0.3 is 45.7 Å². The molecule has 4 heteroatoms. The molecule has 0 aliphatic heterocycles. The molecule has 0 aromatic heterocycles. The molecule has 0 spiro atoms. The van der Waals surface area contributed by atoms with E-state index >= 15 is 0 Å². The molecule has 0 bridgehead atoms. The van der Waals surface area contributed by atoms with Gasteiger partial charge in [-0.15, -0.1) is 0 Å². The van der Waals surface area contributed by atoms with Crippen LogP contribution >= 0.6 is 0 Å². The first kappa shape index (κ1) is 48.4. The van der Waals surface area contributed by atoms with Crippen LogP contribution in [-0.2, 0) is 25.0 Å². The maximum Gasteiger partial charge on any atom is 2.00 e. The van der Waals surface area contributed by atoms with Crippen molar-refractivity contribution in [3.05, 3.63) is 0 Å². The molecule has 0 saturated heterocycles. The zero-order valence-electron chi connectivity index (χ0n) is 1.82. The fraction of sp³-hybridized carbons (Fsp3) is 0. The largest absolute Gasteiger partial charge is 2.00 e. The Labute approximate surface area is 59.3 Å². The van der Waals surface area contributed by atoms with Crippen molar-refractivity contribution in [3.8, 4) is 0 Å². The Kier molecular flexibility index (Phi) is 292. The van der Waals surface area contributed by atoms with Crippen LogP contribution in [0.4, 0.5) is 0 Å². The Balaban J connectivity index is 0. The van der Waals surface area contributed by atoms with E-state index in [0.29, 0.717) is 0 Å². The molecule has 22 valence electrons. The normalized spacial score (nSPS) is 0. The first-order chi connectivity index (χ1) is 0. The summed E-state index contributed by atoms with van der Waals surface area (Å²) in [5.41, 5.74) is 0. The van der Waals surface area contributed by atoms with Crippen LogP contribution in [0.3, 0.4) is 0 Å². The Bertz CT molecular complexity index is 8.00. The predicted octanol–water partition coefficient (Wildman–Crippen LogP) is -2.49. The molecule has 0 amide bonds. The molecule has 0 radical (unpaired) electrons. The standard InChI is InChI=1S/BH3.Bi.O.Zn.3H/h1H3;;;;;;/q;;-2;+2;;;. The van der Waals surface area contributed by atoms with Gasteiger partial charge in [0.2, 0.25) is 0 Å². The van der Waals surface area contributed by atoms with Gasteiger partial charge in [0, 0.05) is 0 Å². The van der Waals surface area contributed by atoms with Gasteiger partial charge in [-0.1, -0.05) is 0 Å². The van der Waals surface area contributed by atoms with Gasteiger partial charge in [0.1, 0.15) is 0 Å². The quantitative estimate of drug-likeness (QED) is 0.443. The van der Waals surface area contributed by atoms with Crippen LogP contribution in [0.25, 0.3) is 0 Å². The molecular formula is H6BBiOZn. The molecule has 1 nitrogen and oxygen atoms in total. The smallest absolute Gasteiger partial charge is 2.00 e. The van der Waals surface area contributed by atoms with Gasteiger partial charge in [-0.3, -0.25) is 0 Å². The van der Waals surface area contributed by atoms with Crippen LogP contribution in [0.1, 0.15) is 0 Å². The fourth-order valence-electron chi connectivity index (χ4n) is 0. The Morgan fingerprint density at radius 2 is 1.00 bits per heavy atom. The van der Waals surface area contributed by atoms with Gasteiger partial charge in [-0.05, 0) is 0 Å². The van der Waals surface area contributed by atoms with Gasteiger partial charge in [-0.2, -0.15) is 0 Å². The van der Waals surface area contributed by atoms with E-state index in [1.54, 1.807) is 0 Å². The van der Waals surface area contributed by atoms with Crippen molar-refractivity contribution < 1.29 is 25.0 Å². The molecule has 0 atom stereocenters. The van der Waals surface area contributed by atoms with Gasteiger partial charge in [0.05, 0.1) is 8.41 Å². The van der Waals surface area contributed by atoms with Crippen LogP contribution in [0, 0.1) is 0 Å². The molecule has 0 aromatic carbocycles. The van der Waals surface area contributed by atoms with Crippen molar-refractivity contribution >= 4 is 34.6 Å². The SMILES string of the molecule is B.[BiH3].[O-2].[Zn+2]. The van der Waals surface area contributed by atoms with E-state index in [1.807, 2.05) is 0 Å². The van der Waals surface area contributed by atoms with Crippen molar-refractivity contribution in [2.24, 2.45) is 0 Å². The second-order valence-corrected chi connectivity index (χ2v) is 0. The summed E-state index contributed by atoms with van der Waals surface area (Å²) in [6.45, 7) is 0. The molecule has 0 aliphatic carbocycles. The summed E-state index contributed by atoms with van der Waals surface area (Å²) in [7, 11) is 0. The predicted molar refractivity (Wildman–Crippen MR) is 20.6 cm³/mol. The summed E-state index contributed by atoms with van der Waals surface area (Å²) in [5, 5.41) is 0. The summed E-state index contributed by atoms with van der Waals surface area (Å²) in [4.78, 5) is 0. The summed E-state index contributed by atoms with van der Waals surface area (Å²) in [5.74, 6) is 0. The van der Waals surface area contributed by atoms with Crippen molar-refractivity contribution in [2.75, 3.05) is 0 Å². The van der Waals surface area contributed by atoms with E-state index in [0.717, 1.165) is 0 Å². The second kappa shape index (κ2) is 24.1. The molecule has 4 heavy (non-hydrogen) atoms. The van der Waals surface area contributed by atoms with Crippen LogP contribution in [0.5, 0.6) is 0 Å². The van der Waals surface area contributed by atoms with E-state index in [1.165, 1.54) is 0 Å². The van der Waals surface area contributed by atoms with Crippen LogP contribution < -0.4 is 0 Å². The maximum atomic E-state index is 0. The van der Waals surface area contributed by atoms with E-state index in [-0.39, 0.29) is 59.6 Å². The summed E-state index contributed by atoms with van der Waals surface area (Å²) in [6, 6.07) is 0. The van der Waals surface area contributed by atoms with E-state index in [9.17, 15) is 0 Å². The molecule has 0 saturated carbocycles. The minimum absolute atomic E-state index is 0. The third-order valence-corrected chi connectivity index (χ3v) is 0. The van der Waals surface area contributed by atoms with Crippen LogP contribution in [0.2, 0.25) is 0 Å². The minimum atomic E-state index is 0. The zero-order valence-corrected chi connectivity index (χ0v) is 10.3. The van der Waals surface area contributed by atoms with Crippen molar-refractivity contribution in [1.29, 1.82) is 0 Å². The third-order valence-electron chi connectivity index (χ3n) is 0. The first-order valence-electron chi connectivity index (χ1n) is 0. The maximum absolute atomic E-state index is 0. The first-order valence-corrected chi connectivity index (χ1v) is 0. The van der Waals surface area contributed by atoms with Gasteiger partial charge < -0.3 is 5.48 Å². The van der Waals surface area contributed by atoms with E-state index in [4.69, 9.17) is 0 Å². The number of hydrogen-bond donors (Lipinski definition) is 0. The Morgan fingerprint density at radius 1 is 1.00 bits per heavy atom. The topological polar surface area (TPSA) is 28.5 Å². The van der Waals surface area contributed by atoms with Gasteiger partial charge in [-0.25, -0.2) is 0 Å². The molecule has 0 fully saturated rings. The summed E-state index contributed by atoms with van der Waals surface area (Å²) in [6.07, 6.45) is 0. The molecule has 0 heterocycles. The van der Waals surface area contributed by atoms with Crippen molar-refractivity contribution in [1.82, 2.24) is 0 Å². The van der Waals surface area contributed by atoms with Gasteiger partial charge in [0.25, 0.3) is 0 Å². The average Bonchev–Trinajstić information content (AvgIpc) is 0.